The number of nitrogens with one attached hydrogen (secondary N) is 3. The van der Waals surface area contributed by atoms with Crippen LogP contribution in [0.4, 0.5) is 10.3 Å². The summed E-state index contributed by atoms with van der Waals surface area (Å²) in [6.45, 7) is 2.67. The maximum Gasteiger partial charge on any atom is 0.253 e. The molecule has 1 aliphatic heterocycles. The number of hydrogen-bond donors (Lipinski definition) is 3. The molecule has 1 fully saturated rings. The summed E-state index contributed by atoms with van der Waals surface area (Å²) in [5.74, 6) is -0.445. The molecule has 4 heterocycles. The molecule has 9 nitrogen and oxygen atoms in total. The first-order valence-electron chi connectivity index (χ1n) is 12.9. The second-order valence-corrected chi connectivity index (χ2v) is 9.93. The van der Waals surface area contributed by atoms with Gasteiger partial charge in [0.1, 0.15) is 5.82 Å². The molecule has 2 atom stereocenters. The van der Waals surface area contributed by atoms with Crippen LogP contribution in [0, 0.1) is 5.82 Å². The van der Waals surface area contributed by atoms with Gasteiger partial charge in [0.2, 0.25) is 11.9 Å². The van der Waals surface area contributed by atoms with Crippen LogP contribution in [0.3, 0.4) is 0 Å². The Balaban J connectivity index is 1.27. The van der Waals surface area contributed by atoms with E-state index in [1.807, 2.05) is 48.9 Å². The van der Waals surface area contributed by atoms with E-state index in [9.17, 15) is 14.0 Å². The SMILES string of the molecule is C[C@H](NC(=O)c1cn(C)c2ccc(-c3ccn4nc(NC(=O)[C@H]5CCCN5)nc4c3)cc12)c1cccc(F)c1. The van der Waals surface area contributed by atoms with Crippen LogP contribution in [0.15, 0.2) is 67.0 Å². The van der Waals surface area contributed by atoms with Crippen LogP contribution in [0.2, 0.25) is 0 Å². The average molecular weight is 526 g/mol. The number of carbonyl (C=O) groups excluding carboxylic acids is 2. The lowest BCUT2D eigenvalue weighted by atomic mass is 10.0. The Morgan fingerprint density at radius 3 is 2.77 bits per heavy atom. The molecule has 0 radical (unpaired) electrons. The maximum absolute atomic E-state index is 13.7. The largest absolute Gasteiger partial charge is 0.350 e. The standard InChI is InChI=1S/C29H28FN7O2/c1-17(18-5-3-6-21(30)13-18)32-27(38)23-16-36(2)25-9-8-19(14-22(23)25)20-10-12-37-26(15-20)33-29(35-37)34-28(39)24-7-4-11-31-24/h3,5-6,8-10,12-17,24,31H,4,7,11H2,1-2H3,(H,32,38)(H,34,35,39)/t17-,24+/m0/s1. The van der Waals surface area contributed by atoms with E-state index in [4.69, 9.17) is 0 Å². The van der Waals surface area contributed by atoms with Crippen LogP contribution in [0.1, 0.15) is 41.7 Å². The first-order chi connectivity index (χ1) is 18.9. The van der Waals surface area contributed by atoms with Crippen LogP contribution >= 0.6 is 0 Å². The minimum atomic E-state index is -0.360. The lowest BCUT2D eigenvalue weighted by Crippen LogP contribution is -2.35. The second kappa shape index (κ2) is 9.95. The van der Waals surface area contributed by atoms with Crippen molar-refractivity contribution in [2.45, 2.75) is 31.8 Å². The number of carbonyl (C=O) groups is 2. The smallest absolute Gasteiger partial charge is 0.253 e. The van der Waals surface area contributed by atoms with Crippen molar-refractivity contribution in [1.82, 2.24) is 29.8 Å². The Morgan fingerprint density at radius 1 is 1.13 bits per heavy atom. The summed E-state index contributed by atoms with van der Waals surface area (Å²) in [7, 11) is 1.90. The van der Waals surface area contributed by atoms with Crippen molar-refractivity contribution in [2.75, 3.05) is 11.9 Å². The molecular formula is C29H28FN7O2. The molecule has 5 aromatic rings. The minimum absolute atomic E-state index is 0.129. The average Bonchev–Trinajstić information content (AvgIpc) is 3.67. The second-order valence-electron chi connectivity index (χ2n) is 9.93. The number of nitrogens with zero attached hydrogens (tertiary/aromatic N) is 4. The van der Waals surface area contributed by atoms with Gasteiger partial charge in [-0.1, -0.05) is 18.2 Å². The number of aryl methyl sites for hydroxylation is 1. The molecule has 0 unspecified atom stereocenters. The molecule has 6 rings (SSSR count). The molecular weight excluding hydrogens is 497 g/mol. The van der Waals surface area contributed by atoms with Crippen LogP contribution in [-0.4, -0.2) is 43.6 Å². The first kappa shape index (κ1) is 24.7. The molecule has 2 aromatic carbocycles. The summed E-state index contributed by atoms with van der Waals surface area (Å²) in [4.78, 5) is 30.2. The van der Waals surface area contributed by atoms with Crippen molar-refractivity contribution < 1.29 is 14.0 Å². The topological polar surface area (TPSA) is 105 Å². The zero-order chi connectivity index (χ0) is 27.1. The Bertz CT molecular complexity index is 1720. The Morgan fingerprint density at radius 2 is 1.97 bits per heavy atom. The van der Waals surface area contributed by atoms with E-state index in [0.717, 1.165) is 41.4 Å². The van der Waals surface area contributed by atoms with Crippen LogP contribution < -0.4 is 16.0 Å². The highest BCUT2D eigenvalue weighted by Gasteiger charge is 2.23. The van der Waals surface area contributed by atoms with Gasteiger partial charge in [0, 0.05) is 30.3 Å². The van der Waals surface area contributed by atoms with Crippen LogP contribution in [0.25, 0.3) is 27.7 Å². The minimum Gasteiger partial charge on any atom is -0.350 e. The van der Waals surface area contributed by atoms with E-state index in [-0.39, 0.29) is 35.7 Å². The van der Waals surface area contributed by atoms with Crippen molar-refractivity contribution in [3.63, 3.8) is 0 Å². The molecule has 1 saturated heterocycles. The third-order valence-electron chi connectivity index (χ3n) is 7.21. The van der Waals surface area contributed by atoms with Crippen LogP contribution in [0.5, 0.6) is 0 Å². The van der Waals surface area contributed by atoms with Crippen molar-refractivity contribution in [3.05, 3.63) is 83.9 Å². The number of pyridine rings is 1. The Kier molecular flexibility index (Phi) is 6.32. The summed E-state index contributed by atoms with van der Waals surface area (Å²) in [5, 5.41) is 14.1. The number of rotatable bonds is 6. The zero-order valence-electron chi connectivity index (χ0n) is 21.6. The zero-order valence-corrected chi connectivity index (χ0v) is 21.6. The van der Waals surface area contributed by atoms with Crippen molar-refractivity contribution in [3.8, 4) is 11.1 Å². The van der Waals surface area contributed by atoms with E-state index >= 15 is 0 Å². The fourth-order valence-electron chi connectivity index (χ4n) is 5.11. The van der Waals surface area contributed by atoms with Gasteiger partial charge in [0.05, 0.1) is 17.6 Å². The van der Waals surface area contributed by atoms with Gasteiger partial charge in [0.25, 0.3) is 5.91 Å². The Hall–Kier alpha value is -4.57. The van der Waals surface area contributed by atoms with Gasteiger partial charge in [0.15, 0.2) is 5.65 Å². The molecule has 39 heavy (non-hydrogen) atoms. The van der Waals surface area contributed by atoms with Gasteiger partial charge >= 0.3 is 0 Å². The quantitative estimate of drug-likeness (QED) is 0.308. The molecule has 2 amide bonds. The predicted octanol–water partition coefficient (Wildman–Crippen LogP) is 4.21. The number of amides is 2. The highest BCUT2D eigenvalue weighted by atomic mass is 19.1. The third kappa shape index (κ3) is 4.86. The lowest BCUT2D eigenvalue weighted by molar-refractivity contribution is -0.117. The summed E-state index contributed by atoms with van der Waals surface area (Å²) in [5.41, 5.74) is 4.55. The lowest BCUT2D eigenvalue weighted by Gasteiger charge is -2.14. The van der Waals surface area contributed by atoms with Crippen LogP contribution in [-0.2, 0) is 11.8 Å². The molecule has 0 spiro atoms. The van der Waals surface area contributed by atoms with Gasteiger partial charge in [-0.3, -0.25) is 14.9 Å². The summed E-state index contributed by atoms with van der Waals surface area (Å²) in [6.07, 6.45) is 5.37. The summed E-state index contributed by atoms with van der Waals surface area (Å²) in [6, 6.07) is 15.4. The highest BCUT2D eigenvalue weighted by Crippen LogP contribution is 2.29. The maximum atomic E-state index is 13.7. The fourth-order valence-corrected chi connectivity index (χ4v) is 5.11. The molecule has 3 N–H and O–H groups in total. The molecule has 0 saturated carbocycles. The van der Waals surface area contributed by atoms with Crippen molar-refractivity contribution >= 4 is 34.3 Å². The summed E-state index contributed by atoms with van der Waals surface area (Å²) >= 11 is 0. The number of aromatic nitrogens is 4. The monoisotopic (exact) mass is 525 g/mol. The first-order valence-corrected chi connectivity index (χ1v) is 12.9. The van der Waals surface area contributed by atoms with E-state index in [1.54, 1.807) is 29.0 Å². The normalized spacial score (nSPS) is 16.0. The molecule has 0 aliphatic carbocycles. The molecule has 1 aliphatic rings. The van der Waals surface area contributed by atoms with E-state index in [2.05, 4.69) is 26.0 Å². The molecule has 0 bridgehead atoms. The van der Waals surface area contributed by atoms with Gasteiger partial charge in [-0.25, -0.2) is 8.91 Å². The van der Waals surface area contributed by atoms with E-state index in [0.29, 0.717) is 16.8 Å². The van der Waals surface area contributed by atoms with Gasteiger partial charge in [-0.15, -0.1) is 5.10 Å². The van der Waals surface area contributed by atoms with E-state index in [1.165, 1.54) is 12.1 Å². The number of hydrogen-bond acceptors (Lipinski definition) is 5. The van der Waals surface area contributed by atoms with Crippen molar-refractivity contribution in [1.29, 1.82) is 0 Å². The van der Waals surface area contributed by atoms with Gasteiger partial charge in [-0.05, 0) is 79.4 Å². The predicted molar refractivity (Wildman–Crippen MR) is 147 cm³/mol. The number of anilines is 1. The molecule has 3 aromatic heterocycles. The van der Waals surface area contributed by atoms with E-state index < -0.39 is 0 Å². The molecule has 10 heteroatoms. The summed E-state index contributed by atoms with van der Waals surface area (Å²) < 4.78 is 17.2. The van der Waals surface area contributed by atoms with Gasteiger partial charge in [-0.2, -0.15) is 4.98 Å². The van der Waals surface area contributed by atoms with Gasteiger partial charge < -0.3 is 15.2 Å². The Labute approximate surface area is 224 Å². The molecule has 198 valence electrons. The van der Waals surface area contributed by atoms with Crippen molar-refractivity contribution in [2.24, 2.45) is 7.05 Å². The third-order valence-corrected chi connectivity index (χ3v) is 7.21. The number of fused-ring (bicyclic) bond motifs is 2. The number of benzene rings is 2. The fraction of sp³-hybridized carbons (Fsp3) is 0.241. The highest BCUT2D eigenvalue weighted by molar-refractivity contribution is 6.08. The number of halogens is 1.